The van der Waals surface area contributed by atoms with Gasteiger partial charge in [0.25, 0.3) is 0 Å². The summed E-state index contributed by atoms with van der Waals surface area (Å²) in [6.45, 7) is 4.21. The van der Waals surface area contributed by atoms with Crippen molar-refractivity contribution in [2.24, 2.45) is 5.92 Å². The molecule has 1 amide bonds. The van der Waals surface area contributed by atoms with Crippen molar-refractivity contribution in [3.63, 3.8) is 0 Å². The zero-order chi connectivity index (χ0) is 13.5. The molecule has 4 nitrogen and oxygen atoms in total. The second kappa shape index (κ2) is 7.24. The highest BCUT2D eigenvalue weighted by Gasteiger charge is 2.15. The first kappa shape index (κ1) is 14.0. The lowest BCUT2D eigenvalue weighted by atomic mass is 9.93. The van der Waals surface area contributed by atoms with Crippen LogP contribution in [0.4, 0.5) is 0 Å². The first-order valence-electron chi connectivity index (χ1n) is 7.15. The Morgan fingerprint density at radius 1 is 1.42 bits per heavy atom. The molecule has 0 unspecified atom stereocenters. The molecule has 1 saturated heterocycles. The number of carbonyl (C=O) groups is 1. The van der Waals surface area contributed by atoms with Gasteiger partial charge in [-0.2, -0.15) is 0 Å². The number of pyridine rings is 1. The van der Waals surface area contributed by atoms with E-state index in [9.17, 15) is 4.79 Å². The molecule has 1 fully saturated rings. The molecule has 0 spiro atoms. The number of nitrogens with one attached hydrogen (secondary N) is 2. The first-order chi connectivity index (χ1) is 9.25. The first-order valence-corrected chi connectivity index (χ1v) is 7.15. The summed E-state index contributed by atoms with van der Waals surface area (Å²) < 4.78 is 0. The number of aromatic nitrogens is 1. The van der Waals surface area contributed by atoms with Crippen molar-refractivity contribution < 1.29 is 4.79 Å². The predicted molar refractivity (Wildman–Crippen MR) is 75.6 cm³/mol. The van der Waals surface area contributed by atoms with Gasteiger partial charge in [0.1, 0.15) is 0 Å². The van der Waals surface area contributed by atoms with E-state index in [1.165, 1.54) is 12.8 Å². The van der Waals surface area contributed by atoms with Crippen LogP contribution in [0.3, 0.4) is 0 Å². The van der Waals surface area contributed by atoms with E-state index in [1.807, 2.05) is 19.1 Å². The van der Waals surface area contributed by atoms with Crippen LogP contribution in [0.2, 0.25) is 0 Å². The molecule has 2 N–H and O–H groups in total. The van der Waals surface area contributed by atoms with Crippen LogP contribution in [0.1, 0.15) is 44.2 Å². The molecule has 1 aliphatic heterocycles. The second-order valence-corrected chi connectivity index (χ2v) is 5.30. The zero-order valence-corrected chi connectivity index (χ0v) is 11.6. The second-order valence-electron chi connectivity index (χ2n) is 5.30. The highest BCUT2D eigenvalue weighted by atomic mass is 16.1. The molecule has 1 atom stereocenters. The lowest BCUT2D eigenvalue weighted by Crippen LogP contribution is -2.30. The normalized spacial score (nSPS) is 17.9. The van der Waals surface area contributed by atoms with E-state index in [0.29, 0.717) is 12.3 Å². The summed E-state index contributed by atoms with van der Waals surface area (Å²) in [6, 6.07) is 3.94. The summed E-state index contributed by atoms with van der Waals surface area (Å²) in [6.07, 6.45) is 7.57. The van der Waals surface area contributed by atoms with Crippen molar-refractivity contribution in [3.8, 4) is 0 Å². The van der Waals surface area contributed by atoms with Crippen LogP contribution in [0, 0.1) is 5.92 Å². The number of carbonyl (C=O) groups excluding carboxylic acids is 1. The van der Waals surface area contributed by atoms with E-state index < -0.39 is 0 Å². The average Bonchev–Trinajstić information content (AvgIpc) is 2.47. The minimum absolute atomic E-state index is 0.0588. The molecule has 0 radical (unpaired) electrons. The van der Waals surface area contributed by atoms with Crippen LogP contribution >= 0.6 is 0 Å². The van der Waals surface area contributed by atoms with Crippen LogP contribution in [-0.4, -0.2) is 24.0 Å². The average molecular weight is 261 g/mol. The highest BCUT2D eigenvalue weighted by molar-refractivity contribution is 5.76. The summed E-state index contributed by atoms with van der Waals surface area (Å²) in [5.74, 6) is 0.867. The third-order valence-corrected chi connectivity index (χ3v) is 3.82. The Morgan fingerprint density at radius 3 is 2.79 bits per heavy atom. The van der Waals surface area contributed by atoms with Crippen molar-refractivity contribution in [2.75, 3.05) is 13.1 Å². The van der Waals surface area contributed by atoms with Crippen molar-refractivity contribution in [1.29, 1.82) is 0 Å². The van der Waals surface area contributed by atoms with Gasteiger partial charge in [0.05, 0.1) is 6.04 Å². The number of hydrogen-bond acceptors (Lipinski definition) is 3. The van der Waals surface area contributed by atoms with Gasteiger partial charge < -0.3 is 10.6 Å². The fraction of sp³-hybridized carbons (Fsp3) is 0.600. The van der Waals surface area contributed by atoms with Crippen molar-refractivity contribution in [1.82, 2.24) is 15.6 Å². The largest absolute Gasteiger partial charge is 0.350 e. The number of nitrogens with zero attached hydrogens (tertiary/aromatic N) is 1. The Morgan fingerprint density at radius 2 is 2.11 bits per heavy atom. The quantitative estimate of drug-likeness (QED) is 0.853. The van der Waals surface area contributed by atoms with Crippen molar-refractivity contribution >= 4 is 5.91 Å². The van der Waals surface area contributed by atoms with E-state index in [-0.39, 0.29) is 11.9 Å². The van der Waals surface area contributed by atoms with E-state index in [4.69, 9.17) is 0 Å². The Balaban J connectivity index is 1.71. The molecular formula is C15H23N3O. The third kappa shape index (κ3) is 4.63. The van der Waals surface area contributed by atoms with Crippen LogP contribution in [0.5, 0.6) is 0 Å². The minimum atomic E-state index is 0.0588. The molecule has 1 aromatic rings. The van der Waals surface area contributed by atoms with Crippen LogP contribution in [0.25, 0.3) is 0 Å². The maximum Gasteiger partial charge on any atom is 0.220 e. The number of amides is 1. The van der Waals surface area contributed by atoms with Gasteiger partial charge in [-0.25, -0.2) is 0 Å². The molecule has 0 bridgehead atoms. The van der Waals surface area contributed by atoms with E-state index >= 15 is 0 Å². The molecule has 19 heavy (non-hydrogen) atoms. The molecular weight excluding hydrogens is 238 g/mol. The Labute approximate surface area is 115 Å². The van der Waals surface area contributed by atoms with Crippen LogP contribution in [-0.2, 0) is 4.79 Å². The molecule has 104 valence electrons. The standard InChI is InChI=1S/C15H23N3O/c1-12(14-6-10-17-11-7-14)18-15(19)3-2-13-4-8-16-9-5-13/h6-7,10-13,16H,2-5,8-9H2,1H3,(H,18,19)/t12-/m1/s1. The molecule has 2 rings (SSSR count). The number of piperidine rings is 1. The van der Waals surface area contributed by atoms with Crippen molar-refractivity contribution in [2.45, 2.75) is 38.6 Å². The highest BCUT2D eigenvalue weighted by Crippen LogP contribution is 2.18. The SMILES string of the molecule is C[C@@H](NC(=O)CCC1CCNCC1)c1ccncc1. The van der Waals surface area contributed by atoms with Gasteiger partial charge in [0.2, 0.25) is 5.91 Å². The monoisotopic (exact) mass is 261 g/mol. The maximum atomic E-state index is 11.9. The molecule has 0 aliphatic carbocycles. The minimum Gasteiger partial charge on any atom is -0.350 e. The lowest BCUT2D eigenvalue weighted by Gasteiger charge is -2.22. The molecule has 0 saturated carbocycles. The summed E-state index contributed by atoms with van der Waals surface area (Å²) in [5.41, 5.74) is 1.10. The van der Waals surface area contributed by atoms with E-state index in [1.54, 1.807) is 12.4 Å². The van der Waals surface area contributed by atoms with Gasteiger partial charge >= 0.3 is 0 Å². The van der Waals surface area contributed by atoms with Gasteiger partial charge in [-0.05, 0) is 62.9 Å². The predicted octanol–water partition coefficient (Wildman–Crippen LogP) is 2.04. The molecule has 2 heterocycles. The fourth-order valence-electron chi connectivity index (χ4n) is 2.55. The van der Waals surface area contributed by atoms with Gasteiger partial charge in [0, 0.05) is 18.8 Å². The molecule has 4 heteroatoms. The van der Waals surface area contributed by atoms with Crippen LogP contribution in [0.15, 0.2) is 24.5 Å². The Bertz CT molecular complexity index is 388. The maximum absolute atomic E-state index is 11.9. The molecule has 1 aromatic heterocycles. The van der Waals surface area contributed by atoms with Crippen LogP contribution < -0.4 is 10.6 Å². The number of rotatable bonds is 5. The van der Waals surface area contributed by atoms with Gasteiger partial charge in [0.15, 0.2) is 0 Å². The van der Waals surface area contributed by atoms with Gasteiger partial charge in [-0.15, -0.1) is 0 Å². The third-order valence-electron chi connectivity index (χ3n) is 3.82. The molecule has 1 aliphatic rings. The summed E-state index contributed by atoms with van der Waals surface area (Å²) in [5, 5.41) is 6.40. The van der Waals surface area contributed by atoms with Gasteiger partial charge in [-0.3, -0.25) is 9.78 Å². The lowest BCUT2D eigenvalue weighted by molar-refractivity contribution is -0.122. The van der Waals surface area contributed by atoms with E-state index in [0.717, 1.165) is 25.1 Å². The molecule has 0 aromatic carbocycles. The Hall–Kier alpha value is -1.42. The summed E-state index contributed by atoms with van der Waals surface area (Å²) in [7, 11) is 0. The summed E-state index contributed by atoms with van der Waals surface area (Å²) >= 11 is 0. The smallest absolute Gasteiger partial charge is 0.220 e. The topological polar surface area (TPSA) is 54.0 Å². The number of hydrogen-bond donors (Lipinski definition) is 2. The van der Waals surface area contributed by atoms with Crippen molar-refractivity contribution in [3.05, 3.63) is 30.1 Å². The van der Waals surface area contributed by atoms with Gasteiger partial charge in [-0.1, -0.05) is 0 Å². The Kier molecular flexibility index (Phi) is 5.33. The fourth-order valence-corrected chi connectivity index (χ4v) is 2.55. The summed E-state index contributed by atoms with van der Waals surface area (Å²) in [4.78, 5) is 15.9. The van der Waals surface area contributed by atoms with E-state index in [2.05, 4.69) is 15.6 Å². The zero-order valence-electron chi connectivity index (χ0n) is 11.6.